The molecule has 1 aromatic rings. The zero-order valence-corrected chi connectivity index (χ0v) is 12.6. The van der Waals surface area contributed by atoms with Gasteiger partial charge < -0.3 is 0 Å². The average molecular weight is 265 g/mol. The van der Waals surface area contributed by atoms with Crippen LogP contribution in [0.4, 0.5) is 0 Å². The van der Waals surface area contributed by atoms with Crippen molar-refractivity contribution in [1.29, 1.82) is 0 Å². The highest BCUT2D eigenvalue weighted by atomic mass is 35.5. The van der Waals surface area contributed by atoms with Crippen molar-refractivity contribution >= 4 is 11.6 Å². The lowest BCUT2D eigenvalue weighted by molar-refractivity contribution is 0.121. The summed E-state index contributed by atoms with van der Waals surface area (Å²) in [4.78, 5) is 0. The molecular weight excluding hydrogens is 240 g/mol. The van der Waals surface area contributed by atoms with E-state index in [1.165, 1.54) is 37.7 Å². The topological polar surface area (TPSA) is 0 Å². The first-order valence-electron chi connectivity index (χ1n) is 7.34. The zero-order valence-electron chi connectivity index (χ0n) is 11.9. The van der Waals surface area contributed by atoms with Crippen molar-refractivity contribution in [1.82, 2.24) is 0 Å². The van der Waals surface area contributed by atoms with E-state index in [4.69, 9.17) is 11.6 Å². The van der Waals surface area contributed by atoms with Crippen LogP contribution in [0.3, 0.4) is 0 Å². The molecule has 1 atom stereocenters. The highest BCUT2D eigenvalue weighted by Crippen LogP contribution is 2.52. The average Bonchev–Trinajstić information content (AvgIpc) is 2.28. The third-order valence-electron chi connectivity index (χ3n) is 4.70. The van der Waals surface area contributed by atoms with Crippen LogP contribution in [-0.2, 0) is 5.41 Å². The van der Waals surface area contributed by atoms with Gasteiger partial charge in [-0.15, -0.1) is 0 Å². The molecule has 1 heteroatoms. The van der Waals surface area contributed by atoms with Crippen molar-refractivity contribution in [3.8, 4) is 0 Å². The molecule has 0 bridgehead atoms. The van der Waals surface area contributed by atoms with Crippen LogP contribution in [0.1, 0.15) is 58.4 Å². The highest BCUT2D eigenvalue weighted by molar-refractivity contribution is 6.30. The Morgan fingerprint density at radius 3 is 2.17 bits per heavy atom. The van der Waals surface area contributed by atoms with Crippen LogP contribution in [0.25, 0.3) is 0 Å². The largest absolute Gasteiger partial charge is 0.0843 e. The van der Waals surface area contributed by atoms with Gasteiger partial charge in [0.25, 0.3) is 0 Å². The quantitative estimate of drug-likeness (QED) is 0.627. The number of rotatable bonds is 5. The first kappa shape index (κ1) is 13.9. The molecule has 1 aliphatic carbocycles. The minimum atomic E-state index is 0.448. The van der Waals surface area contributed by atoms with Crippen molar-refractivity contribution in [2.75, 3.05) is 0 Å². The highest BCUT2D eigenvalue weighted by Gasteiger charge is 2.44. The Balaban J connectivity index is 2.26. The predicted molar refractivity (Wildman–Crippen MR) is 80.2 cm³/mol. The van der Waals surface area contributed by atoms with Crippen LogP contribution in [-0.4, -0.2) is 0 Å². The predicted octanol–water partition coefficient (Wildman–Crippen LogP) is 5.83. The first-order valence-corrected chi connectivity index (χ1v) is 7.72. The van der Waals surface area contributed by atoms with Crippen LogP contribution in [0.5, 0.6) is 0 Å². The molecule has 1 saturated carbocycles. The molecule has 0 aliphatic heterocycles. The maximum Gasteiger partial charge on any atom is 0.0406 e. The Hall–Kier alpha value is -0.490. The number of hydrogen-bond acceptors (Lipinski definition) is 0. The summed E-state index contributed by atoms with van der Waals surface area (Å²) in [5.41, 5.74) is 1.97. The van der Waals surface area contributed by atoms with Crippen molar-refractivity contribution in [2.45, 2.75) is 58.3 Å². The molecule has 0 spiro atoms. The van der Waals surface area contributed by atoms with E-state index in [9.17, 15) is 0 Å². The van der Waals surface area contributed by atoms with Gasteiger partial charge in [-0.05, 0) is 54.2 Å². The van der Waals surface area contributed by atoms with Crippen molar-refractivity contribution < 1.29 is 0 Å². The van der Waals surface area contributed by atoms with Gasteiger partial charge >= 0.3 is 0 Å². The Labute approximate surface area is 117 Å². The summed E-state index contributed by atoms with van der Waals surface area (Å²) in [7, 11) is 0. The summed E-state index contributed by atoms with van der Waals surface area (Å²) in [6.45, 7) is 7.04. The fraction of sp³-hybridized carbons (Fsp3) is 0.647. The van der Waals surface area contributed by atoms with Crippen LogP contribution in [0.2, 0.25) is 5.02 Å². The minimum absolute atomic E-state index is 0.448. The smallest absolute Gasteiger partial charge is 0.0406 e. The monoisotopic (exact) mass is 264 g/mol. The van der Waals surface area contributed by atoms with E-state index < -0.39 is 0 Å². The first-order chi connectivity index (χ1) is 8.58. The molecule has 1 fully saturated rings. The van der Waals surface area contributed by atoms with E-state index in [1.54, 1.807) is 0 Å². The Morgan fingerprint density at radius 1 is 1.17 bits per heavy atom. The number of halogens is 1. The molecule has 0 nitrogen and oxygen atoms in total. The molecule has 2 rings (SSSR count). The summed E-state index contributed by atoms with van der Waals surface area (Å²) in [6, 6.07) is 8.62. The normalized spacial score (nSPS) is 19.6. The molecule has 0 aromatic heterocycles. The van der Waals surface area contributed by atoms with E-state index in [-0.39, 0.29) is 0 Å². The lowest BCUT2D eigenvalue weighted by Crippen LogP contribution is -2.42. The molecule has 0 radical (unpaired) electrons. The second-order valence-corrected chi connectivity index (χ2v) is 6.69. The van der Waals surface area contributed by atoms with E-state index in [1.807, 2.05) is 0 Å². The zero-order chi connectivity index (χ0) is 13.2. The molecule has 0 saturated heterocycles. The van der Waals surface area contributed by atoms with Gasteiger partial charge in [0.2, 0.25) is 0 Å². The van der Waals surface area contributed by atoms with Crippen LogP contribution < -0.4 is 0 Å². The Morgan fingerprint density at radius 2 is 1.78 bits per heavy atom. The van der Waals surface area contributed by atoms with Crippen molar-refractivity contribution in [3.63, 3.8) is 0 Å². The van der Waals surface area contributed by atoms with Gasteiger partial charge in [0.1, 0.15) is 0 Å². The molecule has 100 valence electrons. The van der Waals surface area contributed by atoms with E-state index >= 15 is 0 Å². The van der Waals surface area contributed by atoms with E-state index in [0.29, 0.717) is 5.41 Å². The van der Waals surface area contributed by atoms with E-state index in [2.05, 4.69) is 45.0 Å². The standard InChI is InChI=1S/C17H25Cl/c1-4-14(12-13(2)3)17(10-5-11-17)15-6-8-16(18)9-7-15/h6-9,13-14H,4-5,10-12H2,1-3H3. The lowest BCUT2D eigenvalue weighted by atomic mass is 9.55. The van der Waals surface area contributed by atoms with Crippen LogP contribution >= 0.6 is 11.6 Å². The lowest BCUT2D eigenvalue weighted by Gasteiger charge is -2.49. The third kappa shape index (κ3) is 2.59. The second kappa shape index (κ2) is 5.65. The number of hydrogen-bond donors (Lipinski definition) is 0. The molecular formula is C17H25Cl. The summed E-state index contributed by atoms with van der Waals surface area (Å²) in [5.74, 6) is 1.62. The van der Waals surface area contributed by atoms with Gasteiger partial charge in [-0.3, -0.25) is 0 Å². The fourth-order valence-electron chi connectivity index (χ4n) is 3.62. The molecule has 0 amide bonds. The minimum Gasteiger partial charge on any atom is -0.0843 e. The van der Waals surface area contributed by atoms with Gasteiger partial charge in [-0.1, -0.05) is 57.3 Å². The third-order valence-corrected chi connectivity index (χ3v) is 4.95. The van der Waals surface area contributed by atoms with Gasteiger partial charge in [0.15, 0.2) is 0 Å². The van der Waals surface area contributed by atoms with Crippen LogP contribution in [0, 0.1) is 11.8 Å². The summed E-state index contributed by atoms with van der Waals surface area (Å²) < 4.78 is 0. The van der Waals surface area contributed by atoms with Gasteiger partial charge in [-0.25, -0.2) is 0 Å². The van der Waals surface area contributed by atoms with Crippen molar-refractivity contribution in [2.24, 2.45) is 11.8 Å². The van der Waals surface area contributed by atoms with E-state index in [0.717, 1.165) is 16.9 Å². The summed E-state index contributed by atoms with van der Waals surface area (Å²) in [5, 5.41) is 0.852. The maximum absolute atomic E-state index is 6.02. The SMILES string of the molecule is CCC(CC(C)C)C1(c2ccc(Cl)cc2)CCC1. The molecule has 0 N–H and O–H groups in total. The molecule has 1 unspecified atom stereocenters. The van der Waals surface area contributed by atoms with Gasteiger partial charge in [0.05, 0.1) is 0 Å². The Kier molecular flexibility index (Phi) is 4.37. The summed E-state index contributed by atoms with van der Waals surface area (Å²) >= 11 is 6.02. The molecule has 1 aromatic carbocycles. The van der Waals surface area contributed by atoms with Crippen LogP contribution in [0.15, 0.2) is 24.3 Å². The summed E-state index contributed by atoms with van der Waals surface area (Å²) in [6.07, 6.45) is 6.75. The van der Waals surface area contributed by atoms with Gasteiger partial charge in [0, 0.05) is 5.02 Å². The molecule has 1 aliphatic rings. The molecule has 18 heavy (non-hydrogen) atoms. The van der Waals surface area contributed by atoms with Gasteiger partial charge in [-0.2, -0.15) is 0 Å². The number of benzene rings is 1. The molecule has 0 heterocycles. The van der Waals surface area contributed by atoms with Crippen molar-refractivity contribution in [3.05, 3.63) is 34.9 Å². The Bertz CT molecular complexity index is 373. The fourth-order valence-corrected chi connectivity index (χ4v) is 3.75. The maximum atomic E-state index is 6.02. The second-order valence-electron chi connectivity index (χ2n) is 6.25.